The second-order valence-corrected chi connectivity index (χ2v) is 8.90. The summed E-state index contributed by atoms with van der Waals surface area (Å²) in [5.41, 5.74) is 0.177. The number of carbonyl (C=O) groups excluding carboxylic acids is 2. The van der Waals surface area contributed by atoms with Gasteiger partial charge in [0.05, 0.1) is 22.3 Å². The van der Waals surface area contributed by atoms with Crippen molar-refractivity contribution in [1.29, 1.82) is 0 Å². The molecule has 2 aromatic carbocycles. The molecule has 2 heterocycles. The smallest absolute Gasteiger partial charge is 0.262 e. The van der Waals surface area contributed by atoms with Crippen LogP contribution in [-0.2, 0) is 11.8 Å². The van der Waals surface area contributed by atoms with Gasteiger partial charge in [0.15, 0.2) is 5.16 Å². The molecule has 2 N–H and O–H groups in total. The van der Waals surface area contributed by atoms with Crippen LogP contribution in [0.3, 0.4) is 0 Å². The van der Waals surface area contributed by atoms with Crippen molar-refractivity contribution in [2.45, 2.75) is 31.5 Å². The molecule has 0 unspecified atom stereocenters. The van der Waals surface area contributed by atoms with Crippen molar-refractivity contribution in [3.63, 3.8) is 0 Å². The molecule has 4 aromatic rings. The second kappa shape index (κ2) is 9.82. The summed E-state index contributed by atoms with van der Waals surface area (Å²) >= 11 is 0.997. The minimum atomic E-state index is -0.762. The average molecular weight is 501 g/mol. The van der Waals surface area contributed by atoms with E-state index in [1.54, 1.807) is 29.6 Å². The Morgan fingerprint density at radius 1 is 1.14 bits per heavy atom. The molecule has 0 saturated heterocycles. The van der Waals surface area contributed by atoms with E-state index >= 15 is 0 Å². The van der Waals surface area contributed by atoms with Crippen molar-refractivity contribution < 1.29 is 18.4 Å². The normalized spacial score (nSPS) is 12.1. The molecule has 0 aliphatic carbocycles. The van der Waals surface area contributed by atoms with Gasteiger partial charge >= 0.3 is 0 Å². The standard InChI is InChI=1S/C23H22F2N6O3S/c1-4-12(2)26-20(33)13-5-7-15-18(9-13)31-22(30(3)21(15)34)28-29-23(31)35-11-19(32)27-17-10-14(24)6-8-16(17)25/h5-10,12H,4,11H2,1-3H3,(H,26,33)(H,27,32)/t12-/m1/s1. The maximum atomic E-state index is 13.8. The molecule has 2 aromatic heterocycles. The lowest BCUT2D eigenvalue weighted by atomic mass is 10.1. The number of rotatable bonds is 7. The first-order valence-electron chi connectivity index (χ1n) is 10.8. The van der Waals surface area contributed by atoms with Crippen molar-refractivity contribution in [2.75, 3.05) is 11.1 Å². The Morgan fingerprint density at radius 3 is 2.66 bits per heavy atom. The van der Waals surface area contributed by atoms with Gasteiger partial charge in [-0.1, -0.05) is 18.7 Å². The Labute approximate surface area is 202 Å². The maximum absolute atomic E-state index is 13.8. The molecule has 2 amide bonds. The van der Waals surface area contributed by atoms with Gasteiger partial charge in [-0.25, -0.2) is 8.78 Å². The summed E-state index contributed by atoms with van der Waals surface area (Å²) in [6.07, 6.45) is 0.762. The van der Waals surface area contributed by atoms with Gasteiger partial charge in [0.25, 0.3) is 11.5 Å². The molecule has 0 aliphatic rings. The lowest BCUT2D eigenvalue weighted by Crippen LogP contribution is -2.32. The largest absolute Gasteiger partial charge is 0.350 e. The molecule has 0 spiro atoms. The zero-order valence-electron chi connectivity index (χ0n) is 19.1. The van der Waals surface area contributed by atoms with Crippen LogP contribution in [0, 0.1) is 11.6 Å². The van der Waals surface area contributed by atoms with Crippen LogP contribution in [0.25, 0.3) is 16.7 Å². The number of fused-ring (bicyclic) bond motifs is 3. The predicted molar refractivity (Wildman–Crippen MR) is 129 cm³/mol. The fourth-order valence-electron chi connectivity index (χ4n) is 3.41. The van der Waals surface area contributed by atoms with E-state index in [0.29, 0.717) is 16.5 Å². The molecule has 4 rings (SSSR count). The number of thioether (sulfide) groups is 1. The molecular weight excluding hydrogens is 478 g/mol. The first-order valence-corrected chi connectivity index (χ1v) is 11.7. The van der Waals surface area contributed by atoms with Gasteiger partial charge in [0, 0.05) is 24.7 Å². The Morgan fingerprint density at radius 2 is 1.91 bits per heavy atom. The molecule has 0 saturated carbocycles. The highest BCUT2D eigenvalue weighted by molar-refractivity contribution is 7.99. The Kier molecular flexibility index (Phi) is 6.83. The fourth-order valence-corrected chi connectivity index (χ4v) is 4.15. The molecule has 0 radical (unpaired) electrons. The van der Waals surface area contributed by atoms with Crippen LogP contribution in [0.5, 0.6) is 0 Å². The number of nitrogens with one attached hydrogen (secondary N) is 2. The number of aromatic nitrogens is 4. The quantitative estimate of drug-likeness (QED) is 0.378. The fraction of sp³-hybridized carbons (Fsp3) is 0.261. The molecule has 0 fully saturated rings. The molecule has 182 valence electrons. The van der Waals surface area contributed by atoms with Crippen molar-refractivity contribution >= 4 is 45.9 Å². The van der Waals surface area contributed by atoms with E-state index in [1.807, 2.05) is 13.8 Å². The zero-order valence-corrected chi connectivity index (χ0v) is 19.9. The Hall–Kier alpha value is -3.80. The third-order valence-electron chi connectivity index (χ3n) is 5.48. The zero-order chi connectivity index (χ0) is 25.3. The highest BCUT2D eigenvalue weighted by Gasteiger charge is 2.19. The van der Waals surface area contributed by atoms with E-state index in [2.05, 4.69) is 20.8 Å². The van der Waals surface area contributed by atoms with Crippen LogP contribution >= 0.6 is 11.8 Å². The number of aryl methyl sites for hydroxylation is 1. The molecule has 0 bridgehead atoms. The lowest BCUT2D eigenvalue weighted by molar-refractivity contribution is -0.113. The maximum Gasteiger partial charge on any atom is 0.262 e. The summed E-state index contributed by atoms with van der Waals surface area (Å²) in [7, 11) is 1.54. The highest BCUT2D eigenvalue weighted by atomic mass is 32.2. The minimum absolute atomic E-state index is 0.0238. The summed E-state index contributed by atoms with van der Waals surface area (Å²) < 4.78 is 30.1. The molecule has 1 atom stereocenters. The van der Waals surface area contributed by atoms with Crippen LogP contribution in [0.15, 0.2) is 46.3 Å². The molecule has 9 nitrogen and oxygen atoms in total. The third kappa shape index (κ3) is 4.87. The Bertz CT molecular complexity index is 1520. The molecule has 12 heteroatoms. The van der Waals surface area contributed by atoms with Crippen LogP contribution in [0.2, 0.25) is 0 Å². The molecule has 0 aliphatic heterocycles. The van der Waals surface area contributed by atoms with Gasteiger partial charge in [0.2, 0.25) is 11.7 Å². The number of halogens is 2. The van der Waals surface area contributed by atoms with Crippen molar-refractivity contribution in [1.82, 2.24) is 24.5 Å². The first-order chi connectivity index (χ1) is 16.7. The number of hydrogen-bond donors (Lipinski definition) is 2. The number of amides is 2. The Balaban J connectivity index is 1.68. The highest BCUT2D eigenvalue weighted by Crippen LogP contribution is 2.23. The SMILES string of the molecule is CC[C@@H](C)NC(=O)c1ccc2c(=O)n(C)c3nnc(SCC(=O)Nc4cc(F)ccc4F)n3c2c1. The number of carbonyl (C=O) groups is 2. The molecular formula is C23H22F2N6O3S. The number of nitrogens with zero attached hydrogens (tertiary/aromatic N) is 4. The van der Waals surface area contributed by atoms with E-state index in [-0.39, 0.29) is 39.9 Å². The summed E-state index contributed by atoms with van der Waals surface area (Å²) in [4.78, 5) is 37.9. The number of benzene rings is 2. The van der Waals surface area contributed by atoms with E-state index in [4.69, 9.17) is 0 Å². The topological polar surface area (TPSA) is 110 Å². The third-order valence-corrected chi connectivity index (χ3v) is 6.41. The lowest BCUT2D eigenvalue weighted by Gasteiger charge is -2.13. The van der Waals surface area contributed by atoms with Crippen LogP contribution in [0.4, 0.5) is 14.5 Å². The predicted octanol–water partition coefficient (Wildman–Crippen LogP) is 3.12. The van der Waals surface area contributed by atoms with Gasteiger partial charge in [0.1, 0.15) is 11.6 Å². The average Bonchev–Trinajstić information content (AvgIpc) is 3.27. The summed E-state index contributed by atoms with van der Waals surface area (Å²) in [5.74, 6) is -2.27. The van der Waals surface area contributed by atoms with E-state index < -0.39 is 17.5 Å². The number of anilines is 1. The van der Waals surface area contributed by atoms with Gasteiger partial charge < -0.3 is 10.6 Å². The van der Waals surface area contributed by atoms with Crippen LogP contribution in [-0.4, -0.2) is 42.8 Å². The van der Waals surface area contributed by atoms with Crippen molar-refractivity contribution in [3.05, 3.63) is 63.9 Å². The van der Waals surface area contributed by atoms with Crippen LogP contribution < -0.4 is 16.2 Å². The first kappa shape index (κ1) is 24.3. The van der Waals surface area contributed by atoms with Crippen molar-refractivity contribution in [2.24, 2.45) is 7.05 Å². The monoisotopic (exact) mass is 500 g/mol. The van der Waals surface area contributed by atoms with Crippen molar-refractivity contribution in [3.8, 4) is 0 Å². The van der Waals surface area contributed by atoms with Crippen LogP contribution in [0.1, 0.15) is 30.6 Å². The van der Waals surface area contributed by atoms with Gasteiger partial charge in [-0.15, -0.1) is 10.2 Å². The number of hydrogen-bond acceptors (Lipinski definition) is 6. The van der Waals surface area contributed by atoms with Gasteiger partial charge in [-0.2, -0.15) is 0 Å². The summed E-state index contributed by atoms with van der Waals surface area (Å²) in [6.45, 7) is 3.85. The van der Waals surface area contributed by atoms with Gasteiger partial charge in [-0.05, 0) is 43.7 Å². The molecule has 35 heavy (non-hydrogen) atoms. The van der Waals surface area contributed by atoms with E-state index in [9.17, 15) is 23.2 Å². The summed E-state index contributed by atoms with van der Waals surface area (Å²) in [6, 6.07) is 7.46. The van der Waals surface area contributed by atoms with E-state index in [1.165, 1.54) is 4.57 Å². The minimum Gasteiger partial charge on any atom is -0.350 e. The van der Waals surface area contributed by atoms with Gasteiger partial charge in [-0.3, -0.25) is 23.4 Å². The second-order valence-electron chi connectivity index (χ2n) is 7.96. The summed E-state index contributed by atoms with van der Waals surface area (Å²) in [5, 5.41) is 14.0. The van der Waals surface area contributed by atoms with E-state index in [0.717, 1.165) is 36.4 Å².